The predicted octanol–water partition coefficient (Wildman–Crippen LogP) is 2.77. The van der Waals surface area contributed by atoms with Gasteiger partial charge in [0.1, 0.15) is 5.67 Å². The molecular formula is C15H22FNO4. The summed E-state index contributed by atoms with van der Waals surface area (Å²) in [6, 6.07) is 2.75. The maximum Gasteiger partial charge on any atom is 0.303 e. The Balaban J connectivity index is 3.26. The summed E-state index contributed by atoms with van der Waals surface area (Å²) in [5.41, 5.74) is 5.29. The first-order valence-corrected chi connectivity index (χ1v) is 6.63. The van der Waals surface area contributed by atoms with Crippen molar-refractivity contribution in [3.63, 3.8) is 0 Å². The molecule has 0 aliphatic rings. The van der Waals surface area contributed by atoms with Crippen molar-refractivity contribution in [3.05, 3.63) is 23.3 Å². The van der Waals surface area contributed by atoms with Crippen molar-refractivity contribution in [2.45, 2.75) is 38.4 Å². The van der Waals surface area contributed by atoms with E-state index in [1.54, 1.807) is 12.1 Å². The first-order valence-electron chi connectivity index (χ1n) is 6.63. The second kappa shape index (κ2) is 6.76. The summed E-state index contributed by atoms with van der Waals surface area (Å²) in [6.45, 7) is 2.83. The number of nitrogens with two attached hydrogens (primary N) is 1. The van der Waals surface area contributed by atoms with E-state index >= 15 is 0 Å². The van der Waals surface area contributed by atoms with Gasteiger partial charge in [-0.1, -0.05) is 0 Å². The lowest BCUT2D eigenvalue weighted by molar-refractivity contribution is -0.137. The molecule has 0 bridgehead atoms. The van der Waals surface area contributed by atoms with Crippen molar-refractivity contribution < 1.29 is 23.8 Å². The molecule has 1 rings (SSSR count). The van der Waals surface area contributed by atoms with Gasteiger partial charge in [0.15, 0.2) is 11.5 Å². The standard InChI is InChI=1S/C15H22FNO4/c1-15(2,16)10-7-9(11(17)5-6-13(18)19)8-12(20-3)14(10)21-4/h7-8,11H,5-6,17H2,1-4H3,(H,18,19). The van der Waals surface area contributed by atoms with Gasteiger partial charge >= 0.3 is 5.97 Å². The Morgan fingerprint density at radius 3 is 2.43 bits per heavy atom. The maximum absolute atomic E-state index is 14.4. The molecule has 3 N–H and O–H groups in total. The first kappa shape index (κ1) is 17.2. The molecule has 0 aromatic heterocycles. The maximum atomic E-state index is 14.4. The number of carboxylic acids is 1. The molecule has 6 heteroatoms. The van der Waals surface area contributed by atoms with Crippen LogP contribution in [0.2, 0.25) is 0 Å². The highest BCUT2D eigenvalue weighted by Gasteiger charge is 2.27. The highest BCUT2D eigenvalue weighted by atomic mass is 19.1. The zero-order valence-corrected chi connectivity index (χ0v) is 12.8. The van der Waals surface area contributed by atoms with Gasteiger partial charge in [0, 0.05) is 18.0 Å². The number of rotatable bonds is 7. The molecule has 0 aliphatic carbocycles. The van der Waals surface area contributed by atoms with Crippen molar-refractivity contribution in [2.24, 2.45) is 5.73 Å². The summed E-state index contributed by atoms with van der Waals surface area (Å²) in [7, 11) is 2.90. The molecule has 0 aliphatic heterocycles. The number of ether oxygens (including phenoxy) is 2. The van der Waals surface area contributed by atoms with Crippen LogP contribution in [0.3, 0.4) is 0 Å². The number of carbonyl (C=O) groups is 1. The second-order valence-corrected chi connectivity index (χ2v) is 5.32. The molecule has 1 unspecified atom stereocenters. The Morgan fingerprint density at radius 1 is 1.38 bits per heavy atom. The minimum absolute atomic E-state index is 0.0517. The Labute approximate surface area is 123 Å². The van der Waals surface area contributed by atoms with Crippen molar-refractivity contribution in [1.29, 1.82) is 0 Å². The van der Waals surface area contributed by atoms with E-state index < -0.39 is 17.7 Å². The molecule has 5 nitrogen and oxygen atoms in total. The molecule has 1 aromatic rings. The number of hydrogen-bond acceptors (Lipinski definition) is 4. The Hall–Kier alpha value is -1.82. The molecule has 1 atom stereocenters. The number of aliphatic carboxylic acids is 1. The van der Waals surface area contributed by atoms with Crippen molar-refractivity contribution >= 4 is 5.97 Å². The van der Waals surface area contributed by atoms with Gasteiger partial charge in [-0.3, -0.25) is 4.79 Å². The summed E-state index contributed by atoms with van der Waals surface area (Å²) < 4.78 is 24.8. The van der Waals surface area contributed by atoms with E-state index in [1.807, 2.05) is 0 Å². The summed E-state index contributed by atoms with van der Waals surface area (Å²) >= 11 is 0. The van der Waals surface area contributed by atoms with Gasteiger partial charge in [0.05, 0.1) is 14.2 Å². The largest absolute Gasteiger partial charge is 0.493 e. The minimum atomic E-state index is -1.64. The lowest BCUT2D eigenvalue weighted by Crippen LogP contribution is -2.16. The summed E-state index contributed by atoms with van der Waals surface area (Å²) in [5.74, 6) is -0.224. The number of alkyl halides is 1. The molecule has 0 saturated heterocycles. The topological polar surface area (TPSA) is 81.8 Å². The van der Waals surface area contributed by atoms with Crippen LogP contribution in [0.5, 0.6) is 11.5 Å². The number of carboxylic acid groups (broad SMARTS) is 1. The van der Waals surface area contributed by atoms with Crippen LogP contribution in [0.1, 0.15) is 43.9 Å². The van der Waals surface area contributed by atoms with Crippen molar-refractivity contribution in [1.82, 2.24) is 0 Å². The van der Waals surface area contributed by atoms with Crippen LogP contribution in [0.15, 0.2) is 12.1 Å². The third-order valence-electron chi connectivity index (χ3n) is 3.24. The average molecular weight is 299 g/mol. The van der Waals surface area contributed by atoms with Gasteiger partial charge < -0.3 is 20.3 Å². The second-order valence-electron chi connectivity index (χ2n) is 5.32. The lowest BCUT2D eigenvalue weighted by atomic mass is 9.93. The van der Waals surface area contributed by atoms with Gasteiger partial charge in [0.2, 0.25) is 0 Å². The van der Waals surface area contributed by atoms with E-state index in [0.717, 1.165) is 0 Å². The van der Waals surface area contributed by atoms with Crippen LogP contribution < -0.4 is 15.2 Å². The van der Waals surface area contributed by atoms with E-state index in [2.05, 4.69) is 0 Å². The molecule has 0 radical (unpaired) electrons. The fraction of sp³-hybridized carbons (Fsp3) is 0.533. The SMILES string of the molecule is COc1cc(C(N)CCC(=O)O)cc(C(C)(C)F)c1OC. The van der Waals surface area contributed by atoms with E-state index in [0.29, 0.717) is 22.6 Å². The van der Waals surface area contributed by atoms with E-state index in [9.17, 15) is 9.18 Å². The molecule has 0 saturated carbocycles. The van der Waals surface area contributed by atoms with E-state index in [-0.39, 0.29) is 12.8 Å². The van der Waals surface area contributed by atoms with Crippen LogP contribution >= 0.6 is 0 Å². The average Bonchev–Trinajstić information content (AvgIpc) is 2.41. The van der Waals surface area contributed by atoms with Gasteiger partial charge in [-0.05, 0) is 38.0 Å². The van der Waals surface area contributed by atoms with Crippen molar-refractivity contribution in [3.8, 4) is 11.5 Å². The monoisotopic (exact) mass is 299 g/mol. The number of methoxy groups -OCH3 is 2. The van der Waals surface area contributed by atoms with Gasteiger partial charge in [0.25, 0.3) is 0 Å². The number of halogens is 1. The Morgan fingerprint density at radius 2 is 2.00 bits per heavy atom. The Kier molecular flexibility index (Phi) is 5.54. The van der Waals surface area contributed by atoms with Crippen LogP contribution in [0.4, 0.5) is 4.39 Å². The molecule has 0 heterocycles. The third-order valence-corrected chi connectivity index (χ3v) is 3.24. The summed E-state index contributed by atoms with van der Waals surface area (Å²) in [5, 5.41) is 8.72. The third kappa shape index (κ3) is 4.32. The molecule has 21 heavy (non-hydrogen) atoms. The van der Waals surface area contributed by atoms with Gasteiger partial charge in [-0.2, -0.15) is 0 Å². The zero-order valence-electron chi connectivity index (χ0n) is 12.8. The highest BCUT2D eigenvalue weighted by Crippen LogP contribution is 2.41. The molecule has 1 aromatic carbocycles. The van der Waals surface area contributed by atoms with E-state index in [1.165, 1.54) is 28.1 Å². The molecule has 118 valence electrons. The Bertz CT molecular complexity index is 511. The van der Waals surface area contributed by atoms with E-state index in [4.69, 9.17) is 20.3 Å². The summed E-state index contributed by atoms with van der Waals surface area (Å²) in [6.07, 6.45) is 0.209. The quantitative estimate of drug-likeness (QED) is 0.809. The highest BCUT2D eigenvalue weighted by molar-refractivity contribution is 5.66. The van der Waals surface area contributed by atoms with Crippen molar-refractivity contribution in [2.75, 3.05) is 14.2 Å². The smallest absolute Gasteiger partial charge is 0.303 e. The van der Waals surface area contributed by atoms with Crippen LogP contribution in [0.25, 0.3) is 0 Å². The zero-order chi connectivity index (χ0) is 16.2. The van der Waals surface area contributed by atoms with Crippen LogP contribution in [0, 0.1) is 0 Å². The fourth-order valence-electron chi connectivity index (χ4n) is 2.09. The molecular weight excluding hydrogens is 277 g/mol. The molecule has 0 amide bonds. The van der Waals surface area contributed by atoms with Crippen LogP contribution in [-0.4, -0.2) is 25.3 Å². The summed E-state index contributed by atoms with van der Waals surface area (Å²) in [4.78, 5) is 10.6. The molecule has 0 fully saturated rings. The normalized spacial score (nSPS) is 12.9. The number of hydrogen-bond donors (Lipinski definition) is 2. The van der Waals surface area contributed by atoms with Gasteiger partial charge in [-0.25, -0.2) is 4.39 Å². The van der Waals surface area contributed by atoms with Gasteiger partial charge in [-0.15, -0.1) is 0 Å². The molecule has 0 spiro atoms. The lowest BCUT2D eigenvalue weighted by Gasteiger charge is -2.23. The first-order chi connectivity index (χ1) is 9.70. The minimum Gasteiger partial charge on any atom is -0.493 e. The predicted molar refractivity (Wildman–Crippen MR) is 77.5 cm³/mol. The van der Waals surface area contributed by atoms with Crippen LogP contribution in [-0.2, 0) is 10.5 Å². The number of benzene rings is 1. The fourth-order valence-corrected chi connectivity index (χ4v) is 2.09.